The van der Waals surface area contributed by atoms with Gasteiger partial charge in [-0.25, -0.2) is 9.37 Å². The minimum Gasteiger partial charge on any atom is -0.386 e. The summed E-state index contributed by atoms with van der Waals surface area (Å²) in [6, 6.07) is 13.5. The number of benzene rings is 2. The maximum absolute atomic E-state index is 14.4. The predicted octanol–water partition coefficient (Wildman–Crippen LogP) is 3.81. The molecule has 0 spiro atoms. The number of amides is 1. The first-order valence-corrected chi connectivity index (χ1v) is 10.8. The molecule has 0 radical (unpaired) electrons. The maximum Gasteiger partial charge on any atom is 0.254 e. The standard InChI is InChI=1S/C23H22FN5O2S/c1-23(2,31)15-7-6-14(18(24)11-15)13-26-21(30)17-5-4-10-25-22(17)32-16-8-9-19-20(12-16)28-29(3)27-19/h4-12,31H,13H2,1-3H3,(H,26,30). The van der Waals surface area contributed by atoms with Gasteiger partial charge in [0.1, 0.15) is 21.9 Å². The molecule has 0 aliphatic heterocycles. The van der Waals surface area contributed by atoms with Crippen molar-refractivity contribution in [1.82, 2.24) is 25.3 Å². The Morgan fingerprint density at radius 2 is 1.94 bits per heavy atom. The van der Waals surface area contributed by atoms with Gasteiger partial charge in [-0.15, -0.1) is 0 Å². The number of halogens is 1. The van der Waals surface area contributed by atoms with Crippen molar-refractivity contribution in [3.05, 3.63) is 77.2 Å². The van der Waals surface area contributed by atoms with Crippen molar-refractivity contribution in [2.45, 2.75) is 35.9 Å². The number of rotatable bonds is 6. The first-order valence-electron chi connectivity index (χ1n) is 9.94. The van der Waals surface area contributed by atoms with Crippen LogP contribution in [0.5, 0.6) is 0 Å². The summed E-state index contributed by atoms with van der Waals surface area (Å²) in [5.41, 5.74) is 1.59. The zero-order chi connectivity index (χ0) is 22.9. The molecule has 4 aromatic rings. The zero-order valence-corrected chi connectivity index (χ0v) is 18.7. The van der Waals surface area contributed by atoms with Gasteiger partial charge in [-0.3, -0.25) is 4.79 Å². The lowest BCUT2D eigenvalue weighted by Gasteiger charge is -2.18. The highest BCUT2D eigenvalue weighted by atomic mass is 32.2. The number of fused-ring (bicyclic) bond motifs is 1. The topological polar surface area (TPSA) is 92.9 Å². The Kier molecular flexibility index (Phi) is 5.94. The zero-order valence-electron chi connectivity index (χ0n) is 17.8. The highest BCUT2D eigenvalue weighted by Crippen LogP contribution is 2.30. The van der Waals surface area contributed by atoms with E-state index in [0.29, 0.717) is 21.7 Å². The van der Waals surface area contributed by atoms with Crippen molar-refractivity contribution in [2.75, 3.05) is 0 Å². The molecule has 4 rings (SSSR count). The van der Waals surface area contributed by atoms with E-state index in [9.17, 15) is 14.3 Å². The molecule has 0 aliphatic rings. The van der Waals surface area contributed by atoms with Crippen LogP contribution >= 0.6 is 11.8 Å². The Morgan fingerprint density at radius 3 is 2.69 bits per heavy atom. The van der Waals surface area contributed by atoms with Crippen LogP contribution in [0.3, 0.4) is 0 Å². The summed E-state index contributed by atoms with van der Waals surface area (Å²) in [6.07, 6.45) is 1.62. The molecular weight excluding hydrogens is 429 g/mol. The van der Waals surface area contributed by atoms with Crippen LogP contribution < -0.4 is 5.32 Å². The van der Waals surface area contributed by atoms with Gasteiger partial charge in [0, 0.05) is 30.2 Å². The van der Waals surface area contributed by atoms with Crippen LogP contribution in [0.25, 0.3) is 11.0 Å². The van der Waals surface area contributed by atoms with Gasteiger partial charge in [0.25, 0.3) is 5.91 Å². The van der Waals surface area contributed by atoms with Crippen molar-refractivity contribution < 1.29 is 14.3 Å². The van der Waals surface area contributed by atoms with Crippen LogP contribution in [0.2, 0.25) is 0 Å². The van der Waals surface area contributed by atoms with E-state index < -0.39 is 11.4 Å². The molecule has 2 N–H and O–H groups in total. The molecule has 0 bridgehead atoms. The summed E-state index contributed by atoms with van der Waals surface area (Å²) in [5, 5.41) is 21.9. The number of hydrogen-bond donors (Lipinski definition) is 2. The third-order valence-corrected chi connectivity index (χ3v) is 5.89. The molecule has 9 heteroatoms. The van der Waals surface area contributed by atoms with Gasteiger partial charge >= 0.3 is 0 Å². The smallest absolute Gasteiger partial charge is 0.254 e. The summed E-state index contributed by atoms with van der Waals surface area (Å²) in [5.74, 6) is -0.838. The van der Waals surface area contributed by atoms with Gasteiger partial charge in [0.05, 0.1) is 11.2 Å². The maximum atomic E-state index is 14.4. The Labute approximate surface area is 188 Å². The number of carbonyl (C=O) groups is 1. The number of aliphatic hydroxyl groups is 1. The molecule has 2 heterocycles. The van der Waals surface area contributed by atoms with Gasteiger partial charge in [-0.05, 0) is 55.8 Å². The van der Waals surface area contributed by atoms with E-state index in [4.69, 9.17) is 0 Å². The number of nitrogens with one attached hydrogen (secondary N) is 1. The van der Waals surface area contributed by atoms with Crippen LogP contribution in [0.15, 0.2) is 64.6 Å². The lowest BCUT2D eigenvalue weighted by atomic mass is 9.97. The monoisotopic (exact) mass is 451 g/mol. The minimum absolute atomic E-state index is 0.0152. The molecule has 2 aromatic carbocycles. The summed E-state index contributed by atoms with van der Waals surface area (Å²) in [7, 11) is 1.76. The lowest BCUT2D eigenvalue weighted by molar-refractivity contribution is 0.0781. The third-order valence-electron chi connectivity index (χ3n) is 4.88. The highest BCUT2D eigenvalue weighted by Gasteiger charge is 2.19. The number of nitrogens with zero attached hydrogens (tertiary/aromatic N) is 4. The van der Waals surface area contributed by atoms with E-state index in [1.807, 2.05) is 18.2 Å². The second kappa shape index (κ2) is 8.68. The predicted molar refractivity (Wildman–Crippen MR) is 120 cm³/mol. The fourth-order valence-electron chi connectivity index (χ4n) is 3.16. The lowest BCUT2D eigenvalue weighted by Crippen LogP contribution is -2.24. The SMILES string of the molecule is Cn1nc2ccc(Sc3ncccc3C(=O)NCc3ccc(C(C)(C)O)cc3F)cc2n1. The van der Waals surface area contributed by atoms with Crippen molar-refractivity contribution >= 4 is 28.7 Å². The number of carbonyl (C=O) groups excluding carboxylic acids is 1. The Morgan fingerprint density at radius 1 is 1.16 bits per heavy atom. The van der Waals surface area contributed by atoms with E-state index in [-0.39, 0.29) is 12.5 Å². The number of aromatic nitrogens is 4. The molecule has 0 aliphatic carbocycles. The Hall–Kier alpha value is -3.30. The minimum atomic E-state index is -1.14. The van der Waals surface area contributed by atoms with E-state index in [1.165, 1.54) is 22.6 Å². The molecule has 164 valence electrons. The molecule has 7 nitrogen and oxygen atoms in total. The fourth-order valence-corrected chi connectivity index (χ4v) is 4.08. The second-order valence-corrected chi connectivity index (χ2v) is 8.91. The first-order chi connectivity index (χ1) is 15.2. The molecule has 2 aromatic heterocycles. The molecule has 0 fully saturated rings. The van der Waals surface area contributed by atoms with Crippen LogP contribution in [-0.2, 0) is 19.2 Å². The summed E-state index contributed by atoms with van der Waals surface area (Å²) in [6.45, 7) is 3.20. The van der Waals surface area contributed by atoms with Gasteiger partial charge in [-0.1, -0.05) is 23.9 Å². The second-order valence-electron chi connectivity index (χ2n) is 7.85. The van der Waals surface area contributed by atoms with Crippen molar-refractivity contribution in [3.8, 4) is 0 Å². The molecule has 0 saturated carbocycles. The Bertz CT molecular complexity index is 1300. The molecule has 0 saturated heterocycles. The first kappa shape index (κ1) is 21.9. The van der Waals surface area contributed by atoms with E-state index >= 15 is 0 Å². The van der Waals surface area contributed by atoms with Gasteiger partial charge in [0.15, 0.2) is 0 Å². The largest absolute Gasteiger partial charge is 0.386 e. The van der Waals surface area contributed by atoms with Crippen molar-refractivity contribution in [1.29, 1.82) is 0 Å². The van der Waals surface area contributed by atoms with Gasteiger partial charge in [0.2, 0.25) is 0 Å². The fraction of sp³-hybridized carbons (Fsp3) is 0.217. The number of hydrogen-bond acceptors (Lipinski definition) is 6. The van der Waals surface area contributed by atoms with Crippen LogP contribution in [0.4, 0.5) is 4.39 Å². The van der Waals surface area contributed by atoms with Crippen LogP contribution in [0, 0.1) is 5.82 Å². The van der Waals surface area contributed by atoms with Crippen LogP contribution in [-0.4, -0.2) is 31.0 Å². The average Bonchev–Trinajstić information content (AvgIpc) is 3.11. The van der Waals surface area contributed by atoms with Gasteiger partial charge in [-0.2, -0.15) is 15.0 Å². The Balaban J connectivity index is 1.50. The van der Waals surface area contributed by atoms with Gasteiger partial charge < -0.3 is 10.4 Å². The average molecular weight is 452 g/mol. The van der Waals surface area contributed by atoms with Crippen molar-refractivity contribution in [2.24, 2.45) is 7.05 Å². The van der Waals surface area contributed by atoms with Crippen LogP contribution in [0.1, 0.15) is 35.3 Å². The summed E-state index contributed by atoms with van der Waals surface area (Å²) >= 11 is 1.35. The summed E-state index contributed by atoms with van der Waals surface area (Å²) in [4.78, 5) is 19.6. The number of pyridine rings is 1. The molecule has 1 amide bonds. The summed E-state index contributed by atoms with van der Waals surface area (Å²) < 4.78 is 14.4. The van der Waals surface area contributed by atoms with Crippen molar-refractivity contribution in [3.63, 3.8) is 0 Å². The molecule has 0 unspecified atom stereocenters. The molecular formula is C23H22FN5O2S. The number of aryl methyl sites for hydroxylation is 1. The molecule has 0 atom stereocenters. The third kappa shape index (κ3) is 4.79. The van der Waals surface area contributed by atoms with E-state index in [2.05, 4.69) is 20.5 Å². The normalized spacial score (nSPS) is 11.7. The van der Waals surface area contributed by atoms with E-state index in [0.717, 1.165) is 15.9 Å². The molecule has 32 heavy (non-hydrogen) atoms. The quantitative estimate of drug-likeness (QED) is 0.463. The highest BCUT2D eigenvalue weighted by molar-refractivity contribution is 7.99. The van der Waals surface area contributed by atoms with E-state index in [1.54, 1.807) is 51.4 Å².